The molecule has 1 saturated carbocycles. The van der Waals surface area contributed by atoms with Crippen molar-refractivity contribution in [3.05, 3.63) is 28.2 Å². The zero-order valence-electron chi connectivity index (χ0n) is 10.7. The molecule has 1 fully saturated rings. The molecule has 2 unspecified atom stereocenters. The summed E-state index contributed by atoms with van der Waals surface area (Å²) in [5, 5.41) is 3.85. The predicted octanol–water partition coefficient (Wildman–Crippen LogP) is 3.84. The Morgan fingerprint density at radius 1 is 1.21 bits per heavy atom. The first-order valence-electron chi connectivity index (χ1n) is 6.59. The summed E-state index contributed by atoms with van der Waals surface area (Å²) in [5.74, 6) is -0.173. The minimum absolute atomic E-state index is 0.0429. The first-order valence-corrected chi connectivity index (χ1v) is 7.35. The van der Waals surface area contributed by atoms with Gasteiger partial charge in [-0.25, -0.2) is 0 Å². The van der Waals surface area contributed by atoms with Crippen LogP contribution in [-0.2, 0) is 4.79 Å². The van der Waals surface area contributed by atoms with Gasteiger partial charge < -0.3 is 11.1 Å². The Hall–Kier alpha value is -0.770. The van der Waals surface area contributed by atoms with Crippen LogP contribution in [0.4, 0.5) is 5.69 Å². The van der Waals surface area contributed by atoms with Crippen LogP contribution < -0.4 is 11.1 Å². The quantitative estimate of drug-likeness (QED) is 0.815. The molecule has 0 radical (unpaired) electrons. The van der Waals surface area contributed by atoms with Crippen LogP contribution >= 0.6 is 23.2 Å². The van der Waals surface area contributed by atoms with E-state index in [2.05, 4.69) is 5.32 Å². The third-order valence-corrected chi connectivity index (χ3v) is 4.14. The minimum Gasteiger partial charge on any atom is -0.327 e. The Morgan fingerprint density at radius 2 is 1.95 bits per heavy atom. The van der Waals surface area contributed by atoms with Crippen LogP contribution in [0.2, 0.25) is 10.0 Å². The summed E-state index contributed by atoms with van der Waals surface area (Å²) < 4.78 is 0. The molecule has 0 bridgehead atoms. The number of nitrogens with two attached hydrogens (primary N) is 1. The first kappa shape index (κ1) is 14.6. The average Bonchev–Trinajstić information content (AvgIpc) is 2.57. The van der Waals surface area contributed by atoms with Crippen LogP contribution in [0.1, 0.15) is 32.1 Å². The summed E-state index contributed by atoms with van der Waals surface area (Å²) in [4.78, 5) is 12.3. The molecule has 3 nitrogen and oxygen atoms in total. The van der Waals surface area contributed by atoms with Crippen LogP contribution in [0, 0.1) is 5.92 Å². The Morgan fingerprint density at radius 3 is 2.68 bits per heavy atom. The lowest BCUT2D eigenvalue weighted by Crippen LogP contribution is -2.37. The van der Waals surface area contributed by atoms with Gasteiger partial charge in [-0.1, -0.05) is 42.5 Å². The van der Waals surface area contributed by atoms with Crippen LogP contribution in [0.25, 0.3) is 0 Å². The maximum Gasteiger partial charge on any atom is 0.229 e. The van der Waals surface area contributed by atoms with Gasteiger partial charge in [0, 0.05) is 11.1 Å². The van der Waals surface area contributed by atoms with Crippen LogP contribution in [0.5, 0.6) is 0 Å². The van der Waals surface area contributed by atoms with E-state index in [0.29, 0.717) is 15.7 Å². The number of benzene rings is 1. The van der Waals surface area contributed by atoms with E-state index in [4.69, 9.17) is 28.9 Å². The SMILES string of the molecule is NC1CCCCCC1C(=O)Nc1ccc(Cl)cc1Cl. The molecule has 104 valence electrons. The van der Waals surface area contributed by atoms with Gasteiger partial charge in [-0.3, -0.25) is 4.79 Å². The summed E-state index contributed by atoms with van der Waals surface area (Å²) in [6, 6.07) is 4.97. The smallest absolute Gasteiger partial charge is 0.229 e. The lowest BCUT2D eigenvalue weighted by Gasteiger charge is -2.20. The van der Waals surface area contributed by atoms with Gasteiger partial charge in [-0.15, -0.1) is 0 Å². The molecule has 1 aromatic rings. The molecule has 0 spiro atoms. The normalized spacial score (nSPS) is 23.7. The molecule has 0 heterocycles. The molecule has 1 aliphatic carbocycles. The Kier molecular flexibility index (Phi) is 5.08. The van der Waals surface area contributed by atoms with Crippen LogP contribution in [0.3, 0.4) is 0 Å². The van der Waals surface area contributed by atoms with E-state index in [-0.39, 0.29) is 17.9 Å². The molecule has 0 aliphatic heterocycles. The minimum atomic E-state index is -0.130. The van der Waals surface area contributed by atoms with Gasteiger partial charge in [0.05, 0.1) is 16.6 Å². The van der Waals surface area contributed by atoms with Crippen molar-refractivity contribution in [3.8, 4) is 0 Å². The largest absolute Gasteiger partial charge is 0.327 e. The van der Waals surface area contributed by atoms with E-state index < -0.39 is 0 Å². The molecular weight excluding hydrogens is 283 g/mol. The molecular formula is C14H18Cl2N2O. The molecule has 2 atom stereocenters. The highest BCUT2D eigenvalue weighted by atomic mass is 35.5. The van der Waals surface area contributed by atoms with Gasteiger partial charge in [0.15, 0.2) is 0 Å². The fraction of sp³-hybridized carbons (Fsp3) is 0.500. The summed E-state index contributed by atoms with van der Waals surface area (Å²) in [7, 11) is 0. The monoisotopic (exact) mass is 300 g/mol. The van der Waals surface area contributed by atoms with E-state index >= 15 is 0 Å². The van der Waals surface area contributed by atoms with Gasteiger partial charge in [0.25, 0.3) is 0 Å². The fourth-order valence-electron chi connectivity index (χ4n) is 2.48. The second kappa shape index (κ2) is 6.60. The highest BCUT2D eigenvalue weighted by molar-refractivity contribution is 6.36. The van der Waals surface area contributed by atoms with Crippen LogP contribution in [-0.4, -0.2) is 11.9 Å². The molecule has 0 saturated heterocycles. The van der Waals surface area contributed by atoms with Crippen molar-refractivity contribution >= 4 is 34.8 Å². The highest BCUT2D eigenvalue weighted by Gasteiger charge is 2.27. The van der Waals surface area contributed by atoms with E-state index in [0.717, 1.165) is 32.1 Å². The molecule has 1 aliphatic rings. The molecule has 1 aromatic carbocycles. The summed E-state index contributed by atoms with van der Waals surface area (Å²) in [5.41, 5.74) is 6.67. The van der Waals surface area contributed by atoms with E-state index in [1.54, 1.807) is 18.2 Å². The van der Waals surface area contributed by atoms with Crippen molar-refractivity contribution in [2.24, 2.45) is 11.7 Å². The Balaban J connectivity index is 2.07. The molecule has 5 heteroatoms. The molecule has 19 heavy (non-hydrogen) atoms. The van der Waals surface area contributed by atoms with Crippen molar-refractivity contribution < 1.29 is 4.79 Å². The van der Waals surface area contributed by atoms with Gasteiger partial charge in [0.2, 0.25) is 5.91 Å². The number of hydrogen-bond donors (Lipinski definition) is 2. The maximum atomic E-state index is 12.3. The second-order valence-corrected chi connectivity index (χ2v) is 5.87. The predicted molar refractivity (Wildman–Crippen MR) is 79.6 cm³/mol. The number of halogens is 2. The van der Waals surface area contributed by atoms with E-state index in [1.165, 1.54) is 0 Å². The number of rotatable bonds is 2. The summed E-state index contributed by atoms with van der Waals surface area (Å²) in [6.45, 7) is 0. The van der Waals surface area contributed by atoms with Crippen LogP contribution in [0.15, 0.2) is 18.2 Å². The number of anilines is 1. The standard InChI is InChI=1S/C14H18Cl2N2O/c15-9-6-7-13(11(16)8-9)18-14(19)10-4-2-1-3-5-12(10)17/h6-8,10,12H,1-5,17H2,(H,18,19). The zero-order chi connectivity index (χ0) is 13.8. The number of nitrogens with one attached hydrogen (secondary N) is 1. The number of carbonyl (C=O) groups excluding carboxylic acids is 1. The third kappa shape index (κ3) is 3.85. The van der Waals surface area contributed by atoms with E-state index in [9.17, 15) is 4.79 Å². The molecule has 2 rings (SSSR count). The van der Waals surface area contributed by atoms with Gasteiger partial charge in [-0.2, -0.15) is 0 Å². The molecule has 3 N–H and O–H groups in total. The van der Waals surface area contributed by atoms with Crippen molar-refractivity contribution in [2.45, 2.75) is 38.1 Å². The topological polar surface area (TPSA) is 55.1 Å². The Bertz CT molecular complexity index is 465. The van der Waals surface area contributed by atoms with Crippen molar-refractivity contribution in [1.29, 1.82) is 0 Å². The lowest BCUT2D eigenvalue weighted by atomic mass is 9.94. The number of carbonyl (C=O) groups is 1. The highest BCUT2D eigenvalue weighted by Crippen LogP contribution is 2.28. The Labute approximate surface area is 123 Å². The van der Waals surface area contributed by atoms with Crippen molar-refractivity contribution in [2.75, 3.05) is 5.32 Å². The van der Waals surface area contributed by atoms with Crippen molar-refractivity contribution in [1.82, 2.24) is 0 Å². The maximum absolute atomic E-state index is 12.3. The summed E-state index contributed by atoms with van der Waals surface area (Å²) in [6.07, 6.45) is 5.07. The molecule has 1 amide bonds. The number of hydrogen-bond acceptors (Lipinski definition) is 2. The summed E-state index contributed by atoms with van der Waals surface area (Å²) >= 11 is 11.9. The zero-order valence-corrected chi connectivity index (χ0v) is 12.2. The van der Waals surface area contributed by atoms with Crippen molar-refractivity contribution in [3.63, 3.8) is 0 Å². The van der Waals surface area contributed by atoms with E-state index in [1.807, 2.05) is 0 Å². The molecule has 0 aromatic heterocycles. The first-order chi connectivity index (χ1) is 9.08. The lowest BCUT2D eigenvalue weighted by molar-refractivity contribution is -0.120. The average molecular weight is 301 g/mol. The number of amides is 1. The fourth-order valence-corrected chi connectivity index (χ4v) is 2.93. The van der Waals surface area contributed by atoms with Gasteiger partial charge >= 0.3 is 0 Å². The van der Waals surface area contributed by atoms with Gasteiger partial charge in [0.1, 0.15) is 0 Å². The van der Waals surface area contributed by atoms with Gasteiger partial charge in [-0.05, 0) is 31.0 Å². The third-order valence-electron chi connectivity index (χ3n) is 3.60. The second-order valence-electron chi connectivity index (χ2n) is 5.02.